The highest BCUT2D eigenvalue weighted by molar-refractivity contribution is 7.22. The largest absolute Gasteiger partial charge is 0.335 e. The van der Waals surface area contributed by atoms with Crippen molar-refractivity contribution < 1.29 is 9.59 Å². The lowest BCUT2D eigenvalue weighted by Gasteiger charge is -2.11. The maximum absolute atomic E-state index is 12.8. The Balaban J connectivity index is 1.65. The van der Waals surface area contributed by atoms with Gasteiger partial charge in [0.2, 0.25) is 5.91 Å². The third kappa shape index (κ3) is 3.71. The molecule has 0 aliphatic heterocycles. The fourth-order valence-corrected chi connectivity index (χ4v) is 4.46. The molecule has 5 nitrogen and oxygen atoms in total. The monoisotopic (exact) mass is 403 g/mol. The summed E-state index contributed by atoms with van der Waals surface area (Å²) < 4.78 is 2.93. The van der Waals surface area contributed by atoms with Gasteiger partial charge in [-0.25, -0.2) is 4.98 Å². The number of carbonyl (C=O) groups is 2. The van der Waals surface area contributed by atoms with Crippen LogP contribution in [0.5, 0.6) is 0 Å². The molecule has 146 valence electrons. The van der Waals surface area contributed by atoms with Crippen LogP contribution in [-0.4, -0.2) is 21.2 Å². The predicted molar refractivity (Wildman–Crippen MR) is 118 cm³/mol. The maximum Gasteiger partial charge on any atom is 0.246 e. The van der Waals surface area contributed by atoms with E-state index in [1.54, 1.807) is 6.92 Å². The van der Waals surface area contributed by atoms with Crippen LogP contribution in [0.2, 0.25) is 0 Å². The second-order valence-corrected chi connectivity index (χ2v) is 8.06. The number of ketones is 1. The van der Waals surface area contributed by atoms with Gasteiger partial charge >= 0.3 is 0 Å². The molecule has 0 spiro atoms. The number of Topliss-reactive ketones (excluding diaryl/α,β-unsaturated/α-hetero) is 1. The molecule has 1 N–H and O–H groups in total. The Morgan fingerprint density at radius 3 is 2.52 bits per heavy atom. The topological polar surface area (TPSA) is 64.0 Å². The molecule has 0 fully saturated rings. The fraction of sp³-hybridized carbons (Fsp3) is 0.174. The average molecular weight is 404 g/mol. The standard InChI is InChI=1S/C23H21N3O2S/c1-14-8-7-11-20-22(14)25-23(29-20)24-21(28)13-26-15(2)18(16(3)27)12-19(26)17-9-5-4-6-10-17/h4-12H,13H2,1-3H3,(H,24,25,28). The number of nitrogens with one attached hydrogen (secondary N) is 1. The minimum Gasteiger partial charge on any atom is -0.335 e. The Bertz CT molecular complexity index is 1220. The first-order valence-corrected chi connectivity index (χ1v) is 10.2. The fourth-order valence-electron chi connectivity index (χ4n) is 3.50. The molecule has 2 heterocycles. The summed E-state index contributed by atoms with van der Waals surface area (Å²) in [5, 5.41) is 3.49. The van der Waals surface area contributed by atoms with Gasteiger partial charge in [0.1, 0.15) is 6.54 Å². The summed E-state index contributed by atoms with van der Waals surface area (Å²) in [6.07, 6.45) is 0. The van der Waals surface area contributed by atoms with Crippen LogP contribution in [0.4, 0.5) is 5.13 Å². The number of hydrogen-bond donors (Lipinski definition) is 1. The van der Waals surface area contributed by atoms with Crippen molar-refractivity contribution in [3.63, 3.8) is 0 Å². The van der Waals surface area contributed by atoms with Crippen molar-refractivity contribution in [2.24, 2.45) is 0 Å². The molecule has 0 unspecified atom stereocenters. The first-order valence-electron chi connectivity index (χ1n) is 9.36. The second-order valence-electron chi connectivity index (χ2n) is 7.03. The number of aromatic nitrogens is 2. The van der Waals surface area contributed by atoms with Crippen LogP contribution >= 0.6 is 11.3 Å². The molecule has 0 bridgehead atoms. The van der Waals surface area contributed by atoms with Gasteiger partial charge in [0.05, 0.1) is 10.2 Å². The van der Waals surface area contributed by atoms with Crippen LogP contribution in [0.3, 0.4) is 0 Å². The number of nitrogens with zero attached hydrogens (tertiary/aromatic N) is 2. The van der Waals surface area contributed by atoms with E-state index < -0.39 is 0 Å². The van der Waals surface area contributed by atoms with E-state index in [4.69, 9.17) is 0 Å². The molecular weight excluding hydrogens is 382 g/mol. The molecule has 0 saturated carbocycles. The van der Waals surface area contributed by atoms with E-state index in [2.05, 4.69) is 10.3 Å². The summed E-state index contributed by atoms with van der Waals surface area (Å²) in [4.78, 5) is 29.4. The molecule has 0 radical (unpaired) electrons. The lowest BCUT2D eigenvalue weighted by molar-refractivity contribution is -0.116. The van der Waals surface area contributed by atoms with Gasteiger partial charge in [0.25, 0.3) is 0 Å². The van der Waals surface area contributed by atoms with Gasteiger partial charge < -0.3 is 9.88 Å². The van der Waals surface area contributed by atoms with Crippen molar-refractivity contribution in [1.82, 2.24) is 9.55 Å². The highest BCUT2D eigenvalue weighted by Crippen LogP contribution is 2.29. The second kappa shape index (κ2) is 7.64. The van der Waals surface area contributed by atoms with Gasteiger partial charge in [0.15, 0.2) is 10.9 Å². The van der Waals surface area contributed by atoms with Crippen molar-refractivity contribution >= 4 is 38.4 Å². The molecule has 4 rings (SSSR count). The lowest BCUT2D eigenvalue weighted by atomic mass is 10.1. The molecule has 0 aliphatic carbocycles. The molecule has 0 aliphatic rings. The number of hydrogen-bond acceptors (Lipinski definition) is 4. The van der Waals surface area contributed by atoms with Crippen LogP contribution in [0.1, 0.15) is 28.5 Å². The Kier molecular flexibility index (Phi) is 5.03. The summed E-state index contributed by atoms with van der Waals surface area (Å²) in [7, 11) is 0. The first-order chi connectivity index (χ1) is 13.9. The predicted octanol–water partition coefficient (Wildman–Crippen LogP) is 5.22. The quantitative estimate of drug-likeness (QED) is 0.465. The third-order valence-corrected chi connectivity index (χ3v) is 5.92. The minimum absolute atomic E-state index is 0.0134. The summed E-state index contributed by atoms with van der Waals surface area (Å²) in [5.41, 5.74) is 5.22. The molecule has 0 saturated heterocycles. The number of benzene rings is 2. The van der Waals surface area contributed by atoms with E-state index >= 15 is 0 Å². The number of para-hydroxylation sites is 1. The number of fused-ring (bicyclic) bond motifs is 1. The number of amides is 1. The van der Waals surface area contributed by atoms with E-state index in [9.17, 15) is 9.59 Å². The zero-order valence-corrected chi connectivity index (χ0v) is 17.3. The molecule has 29 heavy (non-hydrogen) atoms. The molecule has 0 atom stereocenters. The number of carbonyl (C=O) groups excluding carboxylic acids is 2. The normalized spacial score (nSPS) is 11.0. The van der Waals surface area contributed by atoms with Crippen molar-refractivity contribution in [3.8, 4) is 11.3 Å². The highest BCUT2D eigenvalue weighted by Gasteiger charge is 2.18. The van der Waals surface area contributed by atoms with Crippen LogP contribution in [0.15, 0.2) is 54.6 Å². The van der Waals surface area contributed by atoms with Crippen molar-refractivity contribution in [3.05, 3.63) is 71.4 Å². The van der Waals surface area contributed by atoms with Gasteiger partial charge in [-0.05, 0) is 44.0 Å². The number of rotatable bonds is 5. The van der Waals surface area contributed by atoms with Gasteiger partial charge in [0, 0.05) is 17.0 Å². The van der Waals surface area contributed by atoms with E-state index in [1.165, 1.54) is 11.3 Å². The van der Waals surface area contributed by atoms with E-state index in [0.29, 0.717) is 10.7 Å². The van der Waals surface area contributed by atoms with Crippen LogP contribution in [0.25, 0.3) is 21.5 Å². The molecular formula is C23H21N3O2S. The summed E-state index contributed by atoms with van der Waals surface area (Å²) in [6, 6.07) is 17.6. The van der Waals surface area contributed by atoms with Crippen molar-refractivity contribution in [1.29, 1.82) is 0 Å². The third-order valence-electron chi connectivity index (χ3n) is 4.98. The summed E-state index contributed by atoms with van der Waals surface area (Å²) in [6.45, 7) is 5.53. The SMILES string of the molecule is CC(=O)c1cc(-c2ccccc2)n(CC(=O)Nc2nc3c(C)cccc3s2)c1C. The zero-order valence-electron chi connectivity index (χ0n) is 16.5. The highest BCUT2D eigenvalue weighted by atomic mass is 32.1. The Morgan fingerprint density at radius 1 is 1.07 bits per heavy atom. The molecule has 2 aromatic heterocycles. The summed E-state index contributed by atoms with van der Waals surface area (Å²) >= 11 is 1.46. The van der Waals surface area contributed by atoms with E-state index in [-0.39, 0.29) is 18.2 Å². The van der Waals surface area contributed by atoms with Gasteiger partial charge in [-0.2, -0.15) is 0 Å². The molecule has 2 aromatic carbocycles. The van der Waals surface area contributed by atoms with Gasteiger partial charge in [-0.1, -0.05) is 53.8 Å². The first kappa shape index (κ1) is 19.1. The Labute approximate surface area is 173 Å². The molecule has 4 aromatic rings. The number of anilines is 1. The molecule has 1 amide bonds. The Hall–Kier alpha value is -3.25. The minimum atomic E-state index is -0.173. The Morgan fingerprint density at radius 2 is 1.83 bits per heavy atom. The van der Waals surface area contributed by atoms with Crippen LogP contribution in [-0.2, 0) is 11.3 Å². The van der Waals surface area contributed by atoms with E-state index in [1.807, 2.05) is 73.0 Å². The van der Waals surface area contributed by atoms with Gasteiger partial charge in [-0.15, -0.1) is 0 Å². The lowest BCUT2D eigenvalue weighted by Crippen LogP contribution is -2.20. The zero-order chi connectivity index (χ0) is 20.5. The molecule has 6 heteroatoms. The van der Waals surface area contributed by atoms with Crippen LogP contribution < -0.4 is 5.32 Å². The number of aryl methyl sites for hydroxylation is 1. The van der Waals surface area contributed by atoms with Crippen molar-refractivity contribution in [2.75, 3.05) is 5.32 Å². The smallest absolute Gasteiger partial charge is 0.246 e. The van der Waals surface area contributed by atoms with E-state index in [0.717, 1.165) is 32.7 Å². The summed E-state index contributed by atoms with van der Waals surface area (Å²) in [5.74, 6) is -0.187. The number of thiazole rings is 1. The average Bonchev–Trinajstić information content (AvgIpc) is 3.25. The van der Waals surface area contributed by atoms with Gasteiger partial charge in [-0.3, -0.25) is 9.59 Å². The van der Waals surface area contributed by atoms with Crippen LogP contribution in [0, 0.1) is 13.8 Å². The maximum atomic E-state index is 12.8. The van der Waals surface area contributed by atoms with Crippen molar-refractivity contribution in [2.45, 2.75) is 27.3 Å².